The van der Waals surface area contributed by atoms with Crippen molar-refractivity contribution in [2.75, 3.05) is 0 Å². The molecule has 1 heterocycles. The minimum Gasteiger partial charge on any atom is -0.347 e. The summed E-state index contributed by atoms with van der Waals surface area (Å²) in [7, 11) is 0. The summed E-state index contributed by atoms with van der Waals surface area (Å²) in [6, 6.07) is 5.82. The molecule has 7 heteroatoms. The third-order valence-electron chi connectivity index (χ3n) is 2.62. The van der Waals surface area contributed by atoms with Crippen LogP contribution in [0, 0.1) is 10.1 Å². The third-order valence-corrected chi connectivity index (χ3v) is 2.62. The number of fused-ring (bicyclic) bond motifs is 1. The van der Waals surface area contributed by atoms with Gasteiger partial charge in [0.2, 0.25) is 0 Å². The van der Waals surface area contributed by atoms with Gasteiger partial charge in [0.05, 0.1) is 22.2 Å². The summed E-state index contributed by atoms with van der Waals surface area (Å²) >= 11 is 0. The van der Waals surface area contributed by atoms with E-state index in [0.29, 0.717) is 10.9 Å². The molecule has 0 N–H and O–H groups in total. The van der Waals surface area contributed by atoms with Crippen LogP contribution >= 0.6 is 0 Å². The molecule has 2 rings (SSSR count). The van der Waals surface area contributed by atoms with Gasteiger partial charge in [-0.1, -0.05) is 6.07 Å². The van der Waals surface area contributed by atoms with E-state index in [1.807, 2.05) is 0 Å². The second-order valence-electron chi connectivity index (χ2n) is 3.84. The van der Waals surface area contributed by atoms with Gasteiger partial charge in [0.15, 0.2) is 0 Å². The largest absolute Gasteiger partial charge is 0.390 e. The molecule has 4 nitrogen and oxygen atoms in total. The summed E-state index contributed by atoms with van der Waals surface area (Å²) in [6.45, 7) is -0.242. The van der Waals surface area contributed by atoms with E-state index >= 15 is 0 Å². The fourth-order valence-corrected chi connectivity index (χ4v) is 1.81. The number of halogens is 3. The fourth-order valence-electron chi connectivity index (χ4n) is 1.81. The van der Waals surface area contributed by atoms with Gasteiger partial charge in [0.1, 0.15) is 0 Å². The zero-order valence-corrected chi connectivity index (χ0v) is 9.15. The predicted octanol–water partition coefficient (Wildman–Crippen LogP) is 3.50. The molecule has 1 aromatic heterocycles. The van der Waals surface area contributed by atoms with E-state index in [-0.39, 0.29) is 12.2 Å². The Labute approximate surface area is 99.8 Å². The molecule has 0 saturated carbocycles. The van der Waals surface area contributed by atoms with E-state index in [0.717, 1.165) is 0 Å². The van der Waals surface area contributed by atoms with Crippen LogP contribution in [0.1, 0.15) is 6.42 Å². The predicted molar refractivity (Wildman–Crippen MR) is 59.3 cm³/mol. The fraction of sp³-hybridized carbons (Fsp3) is 0.273. The van der Waals surface area contributed by atoms with Crippen LogP contribution in [0.5, 0.6) is 0 Å². The average Bonchev–Trinajstić information content (AvgIpc) is 2.68. The molecule has 0 atom stereocenters. The van der Waals surface area contributed by atoms with E-state index in [2.05, 4.69) is 0 Å². The lowest BCUT2D eigenvalue weighted by molar-refractivity contribution is -0.383. The molecule has 1 aromatic carbocycles. The molecule has 0 bridgehead atoms. The Hall–Kier alpha value is -2.05. The molecule has 0 spiro atoms. The van der Waals surface area contributed by atoms with E-state index in [4.69, 9.17) is 0 Å². The molecule has 0 saturated heterocycles. The maximum absolute atomic E-state index is 12.1. The summed E-state index contributed by atoms with van der Waals surface area (Å²) in [4.78, 5) is 10.2. The van der Waals surface area contributed by atoms with Gasteiger partial charge in [-0.3, -0.25) is 10.1 Å². The van der Waals surface area contributed by atoms with Crippen LogP contribution in [-0.4, -0.2) is 15.7 Å². The summed E-state index contributed by atoms with van der Waals surface area (Å²) in [5.74, 6) is 0. The van der Waals surface area contributed by atoms with Crippen molar-refractivity contribution >= 4 is 16.6 Å². The van der Waals surface area contributed by atoms with E-state index in [1.165, 1.54) is 29.0 Å². The van der Waals surface area contributed by atoms with Crippen molar-refractivity contribution in [1.82, 2.24) is 4.57 Å². The zero-order valence-electron chi connectivity index (χ0n) is 9.15. The lowest BCUT2D eigenvalue weighted by Gasteiger charge is -2.08. The molecule has 96 valence electrons. The molecule has 0 radical (unpaired) electrons. The standard InChI is InChI=1S/C11H9F3N2O2/c12-11(13,14)5-7-15-6-4-8-9(15)2-1-3-10(8)16(17)18/h1-4,6H,5,7H2. The van der Waals surface area contributed by atoms with Crippen LogP contribution < -0.4 is 0 Å². The number of aromatic nitrogens is 1. The van der Waals surface area contributed by atoms with Crippen LogP contribution in [0.4, 0.5) is 18.9 Å². The lowest BCUT2D eigenvalue weighted by Crippen LogP contribution is -2.11. The number of alkyl halides is 3. The van der Waals surface area contributed by atoms with Gasteiger partial charge in [0.25, 0.3) is 5.69 Å². The quantitative estimate of drug-likeness (QED) is 0.624. The van der Waals surface area contributed by atoms with Crippen molar-refractivity contribution in [3.8, 4) is 0 Å². The van der Waals surface area contributed by atoms with Crippen LogP contribution in [0.2, 0.25) is 0 Å². The van der Waals surface area contributed by atoms with Crippen molar-refractivity contribution in [3.63, 3.8) is 0 Å². The third kappa shape index (κ3) is 2.44. The van der Waals surface area contributed by atoms with E-state index in [1.54, 1.807) is 6.07 Å². The molecule has 0 unspecified atom stereocenters. The maximum Gasteiger partial charge on any atom is 0.390 e. The number of hydrogen-bond acceptors (Lipinski definition) is 2. The van der Waals surface area contributed by atoms with Crippen molar-refractivity contribution in [2.24, 2.45) is 0 Å². The molecule has 0 amide bonds. The Morgan fingerprint density at radius 2 is 2.00 bits per heavy atom. The zero-order chi connectivity index (χ0) is 13.3. The molecular weight excluding hydrogens is 249 g/mol. The average molecular weight is 258 g/mol. The minimum absolute atomic E-state index is 0.0988. The molecular formula is C11H9F3N2O2. The second-order valence-corrected chi connectivity index (χ2v) is 3.84. The van der Waals surface area contributed by atoms with Crippen LogP contribution in [-0.2, 0) is 6.54 Å². The number of rotatable bonds is 3. The maximum atomic E-state index is 12.1. The Morgan fingerprint density at radius 3 is 2.61 bits per heavy atom. The lowest BCUT2D eigenvalue weighted by atomic mass is 10.2. The van der Waals surface area contributed by atoms with Crippen molar-refractivity contribution in [3.05, 3.63) is 40.6 Å². The number of nitrogens with zero attached hydrogens (tertiary/aromatic N) is 2. The smallest absolute Gasteiger partial charge is 0.347 e. The summed E-state index contributed by atoms with van der Waals surface area (Å²) in [6.07, 6.45) is -3.76. The summed E-state index contributed by atoms with van der Waals surface area (Å²) in [5, 5.41) is 11.1. The molecule has 0 fully saturated rings. The summed E-state index contributed by atoms with van der Waals surface area (Å²) in [5.41, 5.74) is 0.340. The SMILES string of the molecule is O=[N+]([O-])c1cccc2c1ccn2CCC(F)(F)F. The molecule has 0 aliphatic carbocycles. The van der Waals surface area contributed by atoms with Gasteiger partial charge in [-0.2, -0.15) is 13.2 Å². The van der Waals surface area contributed by atoms with Gasteiger partial charge < -0.3 is 4.57 Å². The first-order valence-electron chi connectivity index (χ1n) is 5.17. The monoisotopic (exact) mass is 258 g/mol. The summed E-state index contributed by atoms with van der Waals surface area (Å²) < 4.78 is 37.8. The highest BCUT2D eigenvalue weighted by molar-refractivity contribution is 5.89. The second kappa shape index (κ2) is 4.32. The van der Waals surface area contributed by atoms with Crippen molar-refractivity contribution in [1.29, 1.82) is 0 Å². The van der Waals surface area contributed by atoms with Crippen molar-refractivity contribution < 1.29 is 18.1 Å². The van der Waals surface area contributed by atoms with E-state index in [9.17, 15) is 23.3 Å². The normalized spacial score (nSPS) is 11.9. The number of nitro groups is 1. The van der Waals surface area contributed by atoms with Gasteiger partial charge in [-0.15, -0.1) is 0 Å². The molecule has 18 heavy (non-hydrogen) atoms. The van der Waals surface area contributed by atoms with Gasteiger partial charge in [-0.25, -0.2) is 0 Å². The molecule has 0 aliphatic heterocycles. The van der Waals surface area contributed by atoms with Gasteiger partial charge in [-0.05, 0) is 12.1 Å². The van der Waals surface area contributed by atoms with Crippen LogP contribution in [0.15, 0.2) is 30.5 Å². The van der Waals surface area contributed by atoms with Crippen LogP contribution in [0.25, 0.3) is 10.9 Å². The number of nitro benzene ring substituents is 1. The minimum atomic E-state index is -4.24. The van der Waals surface area contributed by atoms with Gasteiger partial charge >= 0.3 is 6.18 Å². The Balaban J connectivity index is 2.37. The number of aryl methyl sites for hydroxylation is 1. The topological polar surface area (TPSA) is 48.1 Å². The molecule has 2 aromatic rings. The highest BCUT2D eigenvalue weighted by atomic mass is 19.4. The first-order valence-corrected chi connectivity index (χ1v) is 5.17. The highest BCUT2D eigenvalue weighted by Crippen LogP contribution is 2.28. The highest BCUT2D eigenvalue weighted by Gasteiger charge is 2.27. The number of non-ortho nitro benzene ring substituents is 1. The van der Waals surface area contributed by atoms with Crippen molar-refractivity contribution in [2.45, 2.75) is 19.1 Å². The number of benzene rings is 1. The molecule has 0 aliphatic rings. The van der Waals surface area contributed by atoms with Gasteiger partial charge in [0, 0.05) is 18.8 Å². The first kappa shape index (κ1) is 12.4. The Kier molecular flexibility index (Phi) is 2.98. The first-order chi connectivity index (χ1) is 8.38. The van der Waals surface area contributed by atoms with Crippen LogP contribution in [0.3, 0.4) is 0 Å². The Bertz CT molecular complexity index is 589. The Morgan fingerprint density at radius 1 is 1.28 bits per heavy atom. The number of hydrogen-bond donors (Lipinski definition) is 0. The van der Waals surface area contributed by atoms with E-state index < -0.39 is 17.5 Å².